The van der Waals surface area contributed by atoms with E-state index in [1.807, 2.05) is 24.3 Å². The van der Waals surface area contributed by atoms with E-state index in [0.29, 0.717) is 0 Å². The lowest BCUT2D eigenvalue weighted by Crippen LogP contribution is -2.18. The standard InChI is InChI=1S/C14H20O3S/c1-4-5-6-13(14(15)17-3)18-12-9-7-11(16-2)8-10-12/h7-10,13H,4-6H2,1-3H3. The van der Waals surface area contributed by atoms with Crippen LogP contribution in [-0.2, 0) is 9.53 Å². The van der Waals surface area contributed by atoms with Crippen LogP contribution in [0.15, 0.2) is 29.2 Å². The molecule has 0 radical (unpaired) electrons. The van der Waals surface area contributed by atoms with Gasteiger partial charge in [-0.25, -0.2) is 0 Å². The Labute approximate surface area is 113 Å². The van der Waals surface area contributed by atoms with Gasteiger partial charge >= 0.3 is 5.97 Å². The molecular weight excluding hydrogens is 248 g/mol. The largest absolute Gasteiger partial charge is 0.497 e. The summed E-state index contributed by atoms with van der Waals surface area (Å²) in [6, 6.07) is 7.73. The zero-order chi connectivity index (χ0) is 13.4. The third-order valence-electron chi connectivity index (χ3n) is 2.62. The molecule has 0 aliphatic carbocycles. The topological polar surface area (TPSA) is 35.5 Å². The van der Waals surface area contributed by atoms with Gasteiger partial charge in [0.1, 0.15) is 11.0 Å². The Morgan fingerprint density at radius 1 is 1.28 bits per heavy atom. The predicted molar refractivity (Wildman–Crippen MR) is 74.2 cm³/mol. The van der Waals surface area contributed by atoms with Crippen molar-refractivity contribution in [1.29, 1.82) is 0 Å². The van der Waals surface area contributed by atoms with Crippen LogP contribution in [-0.4, -0.2) is 25.4 Å². The van der Waals surface area contributed by atoms with Gasteiger partial charge in [-0.3, -0.25) is 4.79 Å². The highest BCUT2D eigenvalue weighted by Crippen LogP contribution is 2.28. The van der Waals surface area contributed by atoms with Gasteiger partial charge in [-0.2, -0.15) is 0 Å². The van der Waals surface area contributed by atoms with Gasteiger partial charge in [-0.1, -0.05) is 19.8 Å². The van der Waals surface area contributed by atoms with Crippen LogP contribution in [0.2, 0.25) is 0 Å². The van der Waals surface area contributed by atoms with E-state index in [4.69, 9.17) is 9.47 Å². The van der Waals surface area contributed by atoms with Gasteiger partial charge in [-0.05, 0) is 30.7 Å². The molecule has 0 saturated carbocycles. The number of esters is 1. The Morgan fingerprint density at radius 2 is 1.94 bits per heavy atom. The molecule has 0 aliphatic rings. The first kappa shape index (κ1) is 14.9. The molecule has 0 aromatic heterocycles. The van der Waals surface area contributed by atoms with Crippen LogP contribution in [0.4, 0.5) is 0 Å². The van der Waals surface area contributed by atoms with Crippen LogP contribution in [0.1, 0.15) is 26.2 Å². The van der Waals surface area contributed by atoms with E-state index in [9.17, 15) is 4.79 Å². The third-order valence-corrected chi connectivity index (χ3v) is 3.88. The highest BCUT2D eigenvalue weighted by atomic mass is 32.2. The molecule has 3 nitrogen and oxygen atoms in total. The second kappa shape index (κ2) is 8.03. The summed E-state index contributed by atoms with van der Waals surface area (Å²) >= 11 is 1.55. The van der Waals surface area contributed by atoms with Gasteiger partial charge in [0.15, 0.2) is 0 Å². The minimum atomic E-state index is -0.149. The van der Waals surface area contributed by atoms with Crippen molar-refractivity contribution in [2.75, 3.05) is 14.2 Å². The summed E-state index contributed by atoms with van der Waals surface area (Å²) in [6.07, 6.45) is 2.96. The van der Waals surface area contributed by atoms with E-state index in [0.717, 1.165) is 29.9 Å². The van der Waals surface area contributed by atoms with Crippen molar-refractivity contribution in [2.45, 2.75) is 36.3 Å². The fraction of sp³-hybridized carbons (Fsp3) is 0.500. The molecule has 0 spiro atoms. The Hall–Kier alpha value is -1.16. The molecule has 1 unspecified atom stereocenters. The predicted octanol–water partition coefficient (Wildman–Crippen LogP) is 3.52. The van der Waals surface area contributed by atoms with Crippen molar-refractivity contribution in [3.63, 3.8) is 0 Å². The Bertz CT molecular complexity index is 362. The number of unbranched alkanes of at least 4 members (excludes halogenated alkanes) is 1. The fourth-order valence-corrected chi connectivity index (χ4v) is 2.66. The summed E-state index contributed by atoms with van der Waals surface area (Å²) in [5, 5.41) is -0.122. The SMILES string of the molecule is CCCCC(Sc1ccc(OC)cc1)C(=O)OC. The third kappa shape index (κ3) is 4.61. The number of hydrogen-bond acceptors (Lipinski definition) is 4. The molecule has 1 atom stereocenters. The average molecular weight is 268 g/mol. The number of thioether (sulfide) groups is 1. The quantitative estimate of drug-likeness (QED) is 0.560. The molecular formula is C14H20O3S. The second-order valence-electron chi connectivity index (χ2n) is 3.95. The lowest BCUT2D eigenvalue weighted by Gasteiger charge is -2.13. The van der Waals surface area contributed by atoms with Gasteiger partial charge in [0.25, 0.3) is 0 Å². The smallest absolute Gasteiger partial charge is 0.319 e. The lowest BCUT2D eigenvalue weighted by molar-refractivity contribution is -0.140. The maximum absolute atomic E-state index is 11.7. The first-order chi connectivity index (χ1) is 8.71. The highest BCUT2D eigenvalue weighted by molar-refractivity contribution is 8.00. The van der Waals surface area contributed by atoms with Gasteiger partial charge in [0, 0.05) is 4.90 Å². The van der Waals surface area contributed by atoms with E-state index >= 15 is 0 Å². The minimum Gasteiger partial charge on any atom is -0.497 e. The van der Waals surface area contributed by atoms with Crippen molar-refractivity contribution < 1.29 is 14.3 Å². The van der Waals surface area contributed by atoms with E-state index in [1.54, 1.807) is 18.9 Å². The number of benzene rings is 1. The molecule has 0 aliphatic heterocycles. The van der Waals surface area contributed by atoms with Crippen LogP contribution < -0.4 is 4.74 Å². The molecule has 0 heterocycles. The van der Waals surface area contributed by atoms with Gasteiger partial charge in [-0.15, -0.1) is 11.8 Å². The molecule has 1 rings (SSSR count). The zero-order valence-electron chi connectivity index (χ0n) is 11.1. The number of carbonyl (C=O) groups is 1. The van der Waals surface area contributed by atoms with Crippen molar-refractivity contribution in [2.24, 2.45) is 0 Å². The summed E-state index contributed by atoms with van der Waals surface area (Å²) < 4.78 is 9.95. The maximum atomic E-state index is 11.7. The van der Waals surface area contributed by atoms with E-state index < -0.39 is 0 Å². The van der Waals surface area contributed by atoms with Gasteiger partial charge in [0.2, 0.25) is 0 Å². The van der Waals surface area contributed by atoms with Crippen LogP contribution in [0.3, 0.4) is 0 Å². The summed E-state index contributed by atoms with van der Waals surface area (Å²) in [6.45, 7) is 2.12. The molecule has 0 N–H and O–H groups in total. The fourth-order valence-electron chi connectivity index (χ4n) is 1.56. The first-order valence-corrected chi connectivity index (χ1v) is 6.97. The van der Waals surface area contributed by atoms with Crippen LogP contribution in [0, 0.1) is 0 Å². The zero-order valence-corrected chi connectivity index (χ0v) is 12.0. The Morgan fingerprint density at radius 3 is 2.44 bits per heavy atom. The molecule has 18 heavy (non-hydrogen) atoms. The molecule has 0 saturated heterocycles. The number of methoxy groups -OCH3 is 2. The molecule has 1 aromatic carbocycles. The summed E-state index contributed by atoms with van der Waals surface area (Å²) in [5.74, 6) is 0.673. The Balaban J connectivity index is 2.65. The summed E-state index contributed by atoms with van der Waals surface area (Å²) in [7, 11) is 3.08. The van der Waals surface area contributed by atoms with Crippen LogP contribution >= 0.6 is 11.8 Å². The molecule has 0 fully saturated rings. The van der Waals surface area contributed by atoms with Gasteiger partial charge in [0.05, 0.1) is 14.2 Å². The second-order valence-corrected chi connectivity index (χ2v) is 5.22. The van der Waals surface area contributed by atoms with Crippen molar-refractivity contribution in [1.82, 2.24) is 0 Å². The maximum Gasteiger partial charge on any atom is 0.319 e. The normalized spacial score (nSPS) is 11.9. The van der Waals surface area contributed by atoms with Crippen molar-refractivity contribution >= 4 is 17.7 Å². The highest BCUT2D eigenvalue weighted by Gasteiger charge is 2.19. The molecule has 0 bridgehead atoms. The average Bonchev–Trinajstić information content (AvgIpc) is 2.43. The van der Waals surface area contributed by atoms with Gasteiger partial charge < -0.3 is 9.47 Å². The molecule has 100 valence electrons. The first-order valence-electron chi connectivity index (χ1n) is 6.09. The van der Waals surface area contributed by atoms with Crippen molar-refractivity contribution in [3.05, 3.63) is 24.3 Å². The van der Waals surface area contributed by atoms with Crippen LogP contribution in [0.5, 0.6) is 5.75 Å². The molecule has 1 aromatic rings. The number of carbonyl (C=O) groups excluding carboxylic acids is 1. The van der Waals surface area contributed by atoms with E-state index in [-0.39, 0.29) is 11.2 Å². The lowest BCUT2D eigenvalue weighted by atomic mass is 10.2. The van der Waals surface area contributed by atoms with E-state index in [1.165, 1.54) is 7.11 Å². The molecule has 0 amide bonds. The van der Waals surface area contributed by atoms with Crippen molar-refractivity contribution in [3.8, 4) is 5.75 Å². The minimum absolute atomic E-state index is 0.122. The number of hydrogen-bond donors (Lipinski definition) is 0. The summed E-state index contributed by atoms with van der Waals surface area (Å²) in [5.41, 5.74) is 0. The monoisotopic (exact) mass is 268 g/mol. The Kier molecular flexibility index (Phi) is 6.65. The van der Waals surface area contributed by atoms with Crippen LogP contribution in [0.25, 0.3) is 0 Å². The number of ether oxygens (including phenoxy) is 2. The summed E-state index contributed by atoms with van der Waals surface area (Å²) in [4.78, 5) is 12.7. The van der Waals surface area contributed by atoms with E-state index in [2.05, 4.69) is 6.92 Å². The number of rotatable bonds is 7. The molecule has 4 heteroatoms.